The Balaban J connectivity index is 2.23. The van der Waals surface area contributed by atoms with Crippen LogP contribution in [0, 0.1) is 5.82 Å². The molecule has 0 bridgehead atoms. The number of sulfonamides is 1. The summed E-state index contributed by atoms with van der Waals surface area (Å²) in [5, 5.41) is 11.7. The van der Waals surface area contributed by atoms with Gasteiger partial charge in [-0.1, -0.05) is 17.3 Å². The molecule has 2 aromatic rings. The van der Waals surface area contributed by atoms with Gasteiger partial charge in [0.15, 0.2) is 0 Å². The molecule has 7 heteroatoms. The second-order valence-corrected chi connectivity index (χ2v) is 6.00. The first-order valence-corrected chi connectivity index (χ1v) is 7.48. The first-order chi connectivity index (χ1) is 9.92. The predicted molar refractivity (Wildman–Crippen MR) is 77.6 cm³/mol. The molecule has 5 nitrogen and oxygen atoms in total. The lowest BCUT2D eigenvalue weighted by atomic mass is 10.1. The number of nitrogens with one attached hydrogen (secondary N) is 1. The molecule has 110 valence electrons. The average molecular weight is 308 g/mol. The van der Waals surface area contributed by atoms with E-state index in [-0.39, 0.29) is 4.90 Å². The lowest BCUT2D eigenvalue weighted by Gasteiger charge is -2.08. The Kier molecular flexibility index (Phi) is 4.23. The van der Waals surface area contributed by atoms with Gasteiger partial charge in [0, 0.05) is 5.69 Å². The largest absolute Gasteiger partial charge is 0.411 e. The van der Waals surface area contributed by atoms with Crippen molar-refractivity contribution in [2.45, 2.75) is 11.8 Å². The fraction of sp³-hybridized carbons (Fsp3) is 0.0714. The van der Waals surface area contributed by atoms with Crippen molar-refractivity contribution in [2.24, 2.45) is 5.16 Å². The van der Waals surface area contributed by atoms with Crippen LogP contribution in [0.15, 0.2) is 58.6 Å². The minimum absolute atomic E-state index is 0.0268. The minimum atomic E-state index is -3.77. The van der Waals surface area contributed by atoms with Gasteiger partial charge in [-0.2, -0.15) is 0 Å². The summed E-state index contributed by atoms with van der Waals surface area (Å²) in [6, 6.07) is 10.9. The quantitative estimate of drug-likeness (QED) is 0.518. The van der Waals surface area contributed by atoms with Crippen LogP contribution < -0.4 is 4.72 Å². The van der Waals surface area contributed by atoms with E-state index in [1.54, 1.807) is 31.2 Å². The van der Waals surface area contributed by atoms with E-state index < -0.39 is 15.8 Å². The van der Waals surface area contributed by atoms with Gasteiger partial charge >= 0.3 is 0 Å². The van der Waals surface area contributed by atoms with Gasteiger partial charge in [0.25, 0.3) is 10.0 Å². The molecular weight excluding hydrogens is 295 g/mol. The Morgan fingerprint density at radius 3 is 2.19 bits per heavy atom. The maximum atomic E-state index is 12.8. The molecule has 0 aromatic heterocycles. The third-order valence-corrected chi connectivity index (χ3v) is 4.23. The molecule has 0 saturated carbocycles. The van der Waals surface area contributed by atoms with Gasteiger partial charge in [0.05, 0.1) is 10.6 Å². The number of rotatable bonds is 4. The van der Waals surface area contributed by atoms with Crippen molar-refractivity contribution in [1.29, 1.82) is 0 Å². The highest BCUT2D eigenvalue weighted by atomic mass is 32.2. The highest BCUT2D eigenvalue weighted by Crippen LogP contribution is 2.17. The van der Waals surface area contributed by atoms with Crippen molar-refractivity contribution in [1.82, 2.24) is 0 Å². The molecule has 2 N–H and O–H groups in total. The fourth-order valence-electron chi connectivity index (χ4n) is 1.67. The molecule has 0 radical (unpaired) electrons. The minimum Gasteiger partial charge on any atom is -0.411 e. The Bertz CT molecular complexity index is 754. The van der Waals surface area contributed by atoms with Crippen LogP contribution in [0.5, 0.6) is 0 Å². The van der Waals surface area contributed by atoms with Crippen LogP contribution >= 0.6 is 0 Å². The van der Waals surface area contributed by atoms with Crippen LogP contribution in [0.25, 0.3) is 0 Å². The summed E-state index contributed by atoms with van der Waals surface area (Å²) in [5.41, 5.74) is 1.44. The molecule has 0 amide bonds. The number of nitrogens with zero attached hydrogens (tertiary/aromatic N) is 1. The molecule has 0 unspecified atom stereocenters. The first kappa shape index (κ1) is 15.0. The molecule has 0 atom stereocenters. The SMILES string of the molecule is C/C(=N\O)c1ccc(NS(=O)(=O)c2ccc(F)cc2)cc1. The van der Waals surface area contributed by atoms with E-state index >= 15 is 0 Å². The molecule has 2 aromatic carbocycles. The lowest BCUT2D eigenvalue weighted by Crippen LogP contribution is -2.13. The Labute approximate surface area is 121 Å². The topological polar surface area (TPSA) is 78.8 Å². The molecule has 0 spiro atoms. The number of hydrogen-bond donors (Lipinski definition) is 2. The Morgan fingerprint density at radius 2 is 1.67 bits per heavy atom. The first-order valence-electron chi connectivity index (χ1n) is 6.00. The van der Waals surface area contributed by atoms with Crippen molar-refractivity contribution in [3.8, 4) is 0 Å². The van der Waals surface area contributed by atoms with E-state index in [2.05, 4.69) is 9.88 Å². The summed E-state index contributed by atoms with van der Waals surface area (Å²) in [5.74, 6) is -0.503. The molecule has 0 saturated heterocycles. The smallest absolute Gasteiger partial charge is 0.261 e. The van der Waals surface area contributed by atoms with Gasteiger partial charge in [-0.25, -0.2) is 12.8 Å². The van der Waals surface area contributed by atoms with Gasteiger partial charge in [0.2, 0.25) is 0 Å². The van der Waals surface area contributed by atoms with Crippen molar-refractivity contribution in [2.75, 3.05) is 4.72 Å². The van der Waals surface area contributed by atoms with E-state index in [1.165, 1.54) is 12.1 Å². The van der Waals surface area contributed by atoms with Gasteiger partial charge < -0.3 is 5.21 Å². The molecule has 0 aliphatic carbocycles. The third kappa shape index (κ3) is 3.57. The summed E-state index contributed by atoms with van der Waals surface area (Å²) in [4.78, 5) is -0.0268. The fourth-order valence-corrected chi connectivity index (χ4v) is 2.72. The van der Waals surface area contributed by atoms with Crippen LogP contribution in [0.1, 0.15) is 12.5 Å². The second-order valence-electron chi connectivity index (χ2n) is 4.32. The van der Waals surface area contributed by atoms with E-state index in [0.29, 0.717) is 17.0 Å². The zero-order valence-electron chi connectivity index (χ0n) is 11.1. The molecule has 2 rings (SSSR count). The van der Waals surface area contributed by atoms with Gasteiger partial charge in [-0.3, -0.25) is 4.72 Å². The number of anilines is 1. The van der Waals surface area contributed by atoms with Crippen LogP contribution in [-0.4, -0.2) is 19.3 Å². The summed E-state index contributed by atoms with van der Waals surface area (Å²) < 4.78 is 39.4. The number of halogens is 1. The predicted octanol–water partition coefficient (Wildman–Crippen LogP) is 2.82. The number of hydrogen-bond acceptors (Lipinski definition) is 4. The normalized spacial score (nSPS) is 12.2. The molecule has 0 fully saturated rings. The van der Waals surface area contributed by atoms with Gasteiger partial charge in [-0.05, 0) is 48.9 Å². The Hall–Kier alpha value is -2.41. The van der Waals surface area contributed by atoms with Crippen LogP contribution in [0.2, 0.25) is 0 Å². The van der Waals surface area contributed by atoms with E-state index in [0.717, 1.165) is 12.1 Å². The zero-order valence-corrected chi connectivity index (χ0v) is 11.9. The average Bonchev–Trinajstić information content (AvgIpc) is 2.47. The number of benzene rings is 2. The highest BCUT2D eigenvalue weighted by molar-refractivity contribution is 7.92. The van der Waals surface area contributed by atoms with Crippen LogP contribution in [0.3, 0.4) is 0 Å². The Morgan fingerprint density at radius 1 is 1.10 bits per heavy atom. The van der Waals surface area contributed by atoms with E-state index in [4.69, 9.17) is 5.21 Å². The highest BCUT2D eigenvalue weighted by Gasteiger charge is 2.14. The molecule has 0 heterocycles. The summed E-state index contributed by atoms with van der Waals surface area (Å²) in [6.07, 6.45) is 0. The maximum Gasteiger partial charge on any atom is 0.261 e. The zero-order chi connectivity index (χ0) is 15.5. The van der Waals surface area contributed by atoms with Crippen molar-refractivity contribution in [3.05, 3.63) is 59.9 Å². The van der Waals surface area contributed by atoms with Crippen LogP contribution in [-0.2, 0) is 10.0 Å². The van der Waals surface area contributed by atoms with Crippen molar-refractivity contribution >= 4 is 21.4 Å². The van der Waals surface area contributed by atoms with Gasteiger partial charge in [-0.15, -0.1) is 0 Å². The van der Waals surface area contributed by atoms with E-state index in [1.807, 2.05) is 0 Å². The summed E-state index contributed by atoms with van der Waals surface area (Å²) >= 11 is 0. The second kappa shape index (κ2) is 5.92. The van der Waals surface area contributed by atoms with E-state index in [9.17, 15) is 12.8 Å². The maximum absolute atomic E-state index is 12.8. The van der Waals surface area contributed by atoms with Crippen LogP contribution in [0.4, 0.5) is 10.1 Å². The third-order valence-electron chi connectivity index (χ3n) is 2.83. The van der Waals surface area contributed by atoms with Crippen molar-refractivity contribution in [3.63, 3.8) is 0 Å². The summed E-state index contributed by atoms with van der Waals surface area (Å²) in [7, 11) is -3.77. The molecule has 0 aliphatic rings. The summed E-state index contributed by atoms with van der Waals surface area (Å²) in [6.45, 7) is 1.62. The standard InChI is InChI=1S/C14H13FN2O3S/c1-10(16-18)11-2-6-13(7-3-11)17-21(19,20)14-8-4-12(15)5-9-14/h2-9,17-18H,1H3/b16-10+. The molecule has 21 heavy (non-hydrogen) atoms. The van der Waals surface area contributed by atoms with Crippen molar-refractivity contribution < 1.29 is 18.0 Å². The molecular formula is C14H13FN2O3S. The lowest BCUT2D eigenvalue weighted by molar-refractivity contribution is 0.319. The van der Waals surface area contributed by atoms with Gasteiger partial charge in [0.1, 0.15) is 5.82 Å². The molecule has 0 aliphatic heterocycles. The number of oxime groups is 1. The monoisotopic (exact) mass is 308 g/mol.